The molecule has 0 aromatic heterocycles. The number of nitrogens with one attached hydrogen (secondary N) is 2. The van der Waals surface area contributed by atoms with Crippen molar-refractivity contribution in [3.63, 3.8) is 0 Å². The number of primary amides is 1. The number of carbonyl (C=O) groups is 3. The van der Waals surface area contributed by atoms with Crippen molar-refractivity contribution in [2.75, 3.05) is 5.32 Å². The van der Waals surface area contributed by atoms with Crippen LogP contribution in [0.25, 0.3) is 0 Å². The predicted molar refractivity (Wildman–Crippen MR) is 77.8 cm³/mol. The number of rotatable bonds is 7. The highest BCUT2D eigenvalue weighted by atomic mass is 16.4. The van der Waals surface area contributed by atoms with E-state index in [1.54, 1.807) is 12.1 Å². The number of benzene rings is 1. The van der Waals surface area contributed by atoms with Crippen LogP contribution in [0.1, 0.15) is 25.3 Å². The molecule has 7 nitrogen and oxygen atoms in total. The van der Waals surface area contributed by atoms with Gasteiger partial charge in [-0.25, -0.2) is 9.59 Å². The van der Waals surface area contributed by atoms with Crippen LogP contribution >= 0.6 is 0 Å². The molecular formula is C14H19N3O4. The smallest absolute Gasteiger partial charge is 0.326 e. The van der Waals surface area contributed by atoms with Crippen molar-refractivity contribution in [3.8, 4) is 0 Å². The highest BCUT2D eigenvalue weighted by Crippen LogP contribution is 2.11. The lowest BCUT2D eigenvalue weighted by Crippen LogP contribution is -2.45. The molecule has 0 saturated carbocycles. The number of amides is 3. The lowest BCUT2D eigenvalue weighted by molar-refractivity contribution is -0.140. The van der Waals surface area contributed by atoms with Crippen LogP contribution in [0.3, 0.4) is 0 Å². The van der Waals surface area contributed by atoms with Gasteiger partial charge in [0.2, 0.25) is 5.91 Å². The fourth-order valence-corrected chi connectivity index (χ4v) is 1.77. The number of carboxylic acids is 1. The molecule has 21 heavy (non-hydrogen) atoms. The molecule has 0 unspecified atom stereocenters. The van der Waals surface area contributed by atoms with Crippen LogP contribution < -0.4 is 16.4 Å². The highest BCUT2D eigenvalue weighted by Gasteiger charge is 2.22. The van der Waals surface area contributed by atoms with E-state index in [1.807, 2.05) is 12.1 Å². The number of aliphatic carboxylic acids is 1. The molecule has 0 aliphatic carbocycles. The molecule has 1 rings (SSSR count). The summed E-state index contributed by atoms with van der Waals surface area (Å²) >= 11 is 0. The molecule has 5 N–H and O–H groups in total. The number of anilines is 1. The van der Waals surface area contributed by atoms with Crippen LogP contribution in [-0.4, -0.2) is 29.1 Å². The normalized spacial score (nSPS) is 11.5. The first kappa shape index (κ1) is 16.5. The highest BCUT2D eigenvalue weighted by molar-refractivity contribution is 5.93. The van der Waals surface area contributed by atoms with Crippen LogP contribution in [0.15, 0.2) is 24.3 Å². The Balaban J connectivity index is 2.59. The summed E-state index contributed by atoms with van der Waals surface area (Å²) in [7, 11) is 0. The Morgan fingerprint density at radius 1 is 1.24 bits per heavy atom. The number of aryl methyl sites for hydroxylation is 1. The van der Waals surface area contributed by atoms with Crippen molar-refractivity contribution in [1.82, 2.24) is 5.32 Å². The molecule has 0 aliphatic rings. The van der Waals surface area contributed by atoms with Gasteiger partial charge in [0, 0.05) is 5.69 Å². The fourth-order valence-electron chi connectivity index (χ4n) is 1.77. The standard InChI is InChI=1S/C14H19N3O4/c1-2-3-9-4-6-10(7-5-9)16-14(21)17-11(13(19)20)8-12(15)18/h4-7,11H,2-3,8H2,1H3,(H2,15,18)(H,19,20)(H2,16,17,21)/t11-/m0/s1. The van der Waals surface area contributed by atoms with Crippen molar-refractivity contribution >= 4 is 23.6 Å². The fraction of sp³-hybridized carbons (Fsp3) is 0.357. The maximum absolute atomic E-state index is 11.7. The van der Waals surface area contributed by atoms with E-state index in [2.05, 4.69) is 17.6 Å². The molecule has 0 heterocycles. The molecule has 0 saturated heterocycles. The summed E-state index contributed by atoms with van der Waals surface area (Å²) in [6, 6.07) is 5.19. The van der Waals surface area contributed by atoms with Crippen LogP contribution in [0.5, 0.6) is 0 Å². The Morgan fingerprint density at radius 2 is 1.86 bits per heavy atom. The molecule has 0 fully saturated rings. The minimum absolute atomic E-state index is 0.460. The molecule has 114 valence electrons. The van der Waals surface area contributed by atoms with E-state index in [1.165, 1.54) is 0 Å². The average Bonchev–Trinajstić information content (AvgIpc) is 2.40. The van der Waals surface area contributed by atoms with Gasteiger partial charge in [-0.15, -0.1) is 0 Å². The molecule has 1 aromatic carbocycles. The third-order valence-electron chi connectivity index (χ3n) is 2.76. The molecule has 7 heteroatoms. The SMILES string of the molecule is CCCc1ccc(NC(=O)N[C@@H](CC(N)=O)C(=O)O)cc1. The zero-order valence-corrected chi connectivity index (χ0v) is 11.8. The first-order valence-electron chi connectivity index (χ1n) is 6.60. The Bertz CT molecular complexity index is 513. The van der Waals surface area contributed by atoms with Crippen molar-refractivity contribution < 1.29 is 19.5 Å². The molecule has 1 aromatic rings. The first-order valence-corrected chi connectivity index (χ1v) is 6.60. The topological polar surface area (TPSA) is 122 Å². The summed E-state index contributed by atoms with van der Waals surface area (Å²) in [5.74, 6) is -2.12. The van der Waals surface area contributed by atoms with Gasteiger partial charge in [0.1, 0.15) is 6.04 Å². The van der Waals surface area contributed by atoms with E-state index in [9.17, 15) is 14.4 Å². The minimum Gasteiger partial charge on any atom is -0.480 e. The monoisotopic (exact) mass is 293 g/mol. The summed E-state index contributed by atoms with van der Waals surface area (Å²) in [5, 5.41) is 13.6. The molecule has 0 radical (unpaired) electrons. The maximum Gasteiger partial charge on any atom is 0.326 e. The minimum atomic E-state index is -1.35. The second-order valence-electron chi connectivity index (χ2n) is 4.61. The predicted octanol–water partition coefficient (Wildman–Crippen LogP) is 1.09. The van der Waals surface area contributed by atoms with Gasteiger partial charge >= 0.3 is 12.0 Å². The number of carboxylic acid groups (broad SMARTS) is 1. The molecular weight excluding hydrogens is 274 g/mol. The van der Waals surface area contributed by atoms with E-state index in [-0.39, 0.29) is 0 Å². The summed E-state index contributed by atoms with van der Waals surface area (Å²) in [5.41, 5.74) is 6.62. The zero-order chi connectivity index (χ0) is 15.8. The number of urea groups is 1. The van der Waals surface area contributed by atoms with Crippen molar-refractivity contribution in [2.45, 2.75) is 32.2 Å². The van der Waals surface area contributed by atoms with Crippen molar-refractivity contribution in [3.05, 3.63) is 29.8 Å². The zero-order valence-electron chi connectivity index (χ0n) is 11.8. The Kier molecular flexibility index (Phi) is 6.19. The van der Waals surface area contributed by atoms with Gasteiger partial charge in [0.05, 0.1) is 6.42 Å². The van der Waals surface area contributed by atoms with Crippen LogP contribution in [0.4, 0.5) is 10.5 Å². The molecule has 0 bridgehead atoms. The molecule has 0 spiro atoms. The summed E-state index contributed by atoms with van der Waals surface area (Å²) in [6.07, 6.45) is 1.52. The van der Waals surface area contributed by atoms with E-state index in [0.29, 0.717) is 5.69 Å². The summed E-state index contributed by atoms with van der Waals surface area (Å²) < 4.78 is 0. The Morgan fingerprint density at radius 3 is 2.33 bits per heavy atom. The summed E-state index contributed by atoms with van der Waals surface area (Å²) in [4.78, 5) is 33.3. The van der Waals surface area contributed by atoms with E-state index in [4.69, 9.17) is 10.8 Å². The third-order valence-corrected chi connectivity index (χ3v) is 2.76. The average molecular weight is 293 g/mol. The van der Waals surface area contributed by atoms with Crippen LogP contribution in [0.2, 0.25) is 0 Å². The van der Waals surface area contributed by atoms with Crippen LogP contribution in [-0.2, 0) is 16.0 Å². The maximum atomic E-state index is 11.7. The van der Waals surface area contributed by atoms with Gasteiger partial charge < -0.3 is 21.5 Å². The molecule has 0 aliphatic heterocycles. The first-order chi connectivity index (χ1) is 9.92. The number of hydrogen-bond donors (Lipinski definition) is 4. The largest absolute Gasteiger partial charge is 0.480 e. The third kappa shape index (κ3) is 5.94. The Labute approximate surface area is 122 Å². The van der Waals surface area contributed by atoms with Gasteiger partial charge in [-0.2, -0.15) is 0 Å². The van der Waals surface area contributed by atoms with Gasteiger partial charge in [0.25, 0.3) is 0 Å². The molecule has 1 atom stereocenters. The van der Waals surface area contributed by atoms with E-state index < -0.39 is 30.4 Å². The van der Waals surface area contributed by atoms with E-state index in [0.717, 1.165) is 18.4 Å². The quantitative estimate of drug-likeness (QED) is 0.601. The molecule has 3 amide bonds. The second kappa shape index (κ2) is 7.88. The van der Waals surface area contributed by atoms with Gasteiger partial charge in [-0.1, -0.05) is 25.5 Å². The number of nitrogens with two attached hydrogens (primary N) is 1. The van der Waals surface area contributed by atoms with E-state index >= 15 is 0 Å². The van der Waals surface area contributed by atoms with Crippen molar-refractivity contribution in [2.24, 2.45) is 5.73 Å². The van der Waals surface area contributed by atoms with Gasteiger partial charge in [-0.3, -0.25) is 4.79 Å². The number of carbonyl (C=O) groups excluding carboxylic acids is 2. The lowest BCUT2D eigenvalue weighted by Gasteiger charge is -2.13. The second-order valence-corrected chi connectivity index (χ2v) is 4.61. The number of hydrogen-bond acceptors (Lipinski definition) is 3. The van der Waals surface area contributed by atoms with Gasteiger partial charge in [-0.05, 0) is 24.1 Å². The summed E-state index contributed by atoms with van der Waals surface area (Å²) in [6.45, 7) is 2.07. The van der Waals surface area contributed by atoms with Crippen molar-refractivity contribution in [1.29, 1.82) is 0 Å². The van der Waals surface area contributed by atoms with Crippen LogP contribution in [0, 0.1) is 0 Å². The van der Waals surface area contributed by atoms with Gasteiger partial charge in [0.15, 0.2) is 0 Å². The lowest BCUT2D eigenvalue weighted by atomic mass is 10.1. The Hall–Kier alpha value is -2.57.